The summed E-state index contributed by atoms with van der Waals surface area (Å²) in [6.45, 7) is 6.12. The van der Waals surface area contributed by atoms with Crippen molar-refractivity contribution in [3.8, 4) is 0 Å². The van der Waals surface area contributed by atoms with Gasteiger partial charge in [0.25, 0.3) is 5.91 Å². The average molecular weight is 278 g/mol. The summed E-state index contributed by atoms with van der Waals surface area (Å²) in [4.78, 5) is 18.5. The average Bonchev–Trinajstić information content (AvgIpc) is 2.46. The summed E-state index contributed by atoms with van der Waals surface area (Å²) in [5, 5.41) is 5.87. The van der Waals surface area contributed by atoms with Crippen molar-refractivity contribution in [2.24, 2.45) is 0 Å². The lowest BCUT2D eigenvalue weighted by Crippen LogP contribution is -2.29. The molecule has 5 heteroatoms. The van der Waals surface area contributed by atoms with Crippen LogP contribution in [0.4, 0.5) is 5.82 Å². The van der Waals surface area contributed by atoms with E-state index in [-0.39, 0.29) is 5.91 Å². The molecule has 0 aliphatic heterocycles. The van der Waals surface area contributed by atoms with Gasteiger partial charge in [-0.3, -0.25) is 4.79 Å². The molecule has 0 unspecified atom stereocenters. The normalized spacial score (nSPS) is 10.9. The highest BCUT2D eigenvalue weighted by molar-refractivity contribution is 5.98. The first kappa shape index (κ1) is 16.4. The molecule has 0 spiro atoms. The molecule has 0 aliphatic rings. The molecule has 1 amide bonds. The summed E-state index contributed by atoms with van der Waals surface area (Å²) in [7, 11) is 3.89. The highest BCUT2D eigenvalue weighted by atomic mass is 16.1. The smallest absolute Gasteiger partial charge is 0.255 e. The maximum absolute atomic E-state index is 12.0. The van der Waals surface area contributed by atoms with E-state index < -0.39 is 0 Å². The number of aromatic nitrogens is 1. The maximum atomic E-state index is 12.0. The number of carbonyl (C=O) groups is 1. The van der Waals surface area contributed by atoms with Crippen LogP contribution in [0.3, 0.4) is 0 Å². The number of pyridine rings is 1. The van der Waals surface area contributed by atoms with Crippen molar-refractivity contribution < 1.29 is 4.79 Å². The number of carbonyl (C=O) groups excluding carboxylic acids is 1. The Labute approximate surface area is 121 Å². The number of anilines is 1. The molecule has 0 radical (unpaired) electrons. The first-order valence-corrected chi connectivity index (χ1v) is 7.17. The Morgan fingerprint density at radius 1 is 1.40 bits per heavy atom. The zero-order valence-corrected chi connectivity index (χ0v) is 12.9. The third-order valence-electron chi connectivity index (χ3n) is 3.39. The maximum Gasteiger partial charge on any atom is 0.255 e. The number of unbranched alkanes of at least 4 members (excludes halogenated alkanes) is 1. The molecule has 1 aromatic heterocycles. The fourth-order valence-corrected chi connectivity index (χ4v) is 1.83. The van der Waals surface area contributed by atoms with E-state index in [1.54, 1.807) is 25.4 Å². The van der Waals surface area contributed by atoms with Crippen molar-refractivity contribution in [3.05, 3.63) is 23.9 Å². The fraction of sp³-hybridized carbons (Fsp3) is 0.600. The Morgan fingerprint density at radius 3 is 2.80 bits per heavy atom. The van der Waals surface area contributed by atoms with Gasteiger partial charge in [0, 0.05) is 25.8 Å². The Bertz CT molecular complexity index is 420. The van der Waals surface area contributed by atoms with E-state index in [0.717, 1.165) is 19.4 Å². The molecule has 1 rings (SSSR count). The van der Waals surface area contributed by atoms with Gasteiger partial charge in [-0.2, -0.15) is 0 Å². The van der Waals surface area contributed by atoms with Crippen LogP contribution in [0.1, 0.15) is 37.0 Å². The molecule has 2 N–H and O–H groups in total. The van der Waals surface area contributed by atoms with E-state index in [2.05, 4.69) is 41.4 Å². The fourth-order valence-electron chi connectivity index (χ4n) is 1.83. The second-order valence-electron chi connectivity index (χ2n) is 5.19. The van der Waals surface area contributed by atoms with Crippen LogP contribution in [-0.2, 0) is 0 Å². The van der Waals surface area contributed by atoms with Crippen LogP contribution in [0, 0.1) is 0 Å². The Hall–Kier alpha value is -1.62. The first-order valence-electron chi connectivity index (χ1n) is 7.17. The summed E-state index contributed by atoms with van der Waals surface area (Å²) in [6, 6.07) is 4.12. The van der Waals surface area contributed by atoms with Crippen molar-refractivity contribution in [1.29, 1.82) is 0 Å². The van der Waals surface area contributed by atoms with E-state index in [0.29, 0.717) is 24.0 Å². The van der Waals surface area contributed by atoms with Crippen LogP contribution >= 0.6 is 0 Å². The Balaban J connectivity index is 2.30. The van der Waals surface area contributed by atoms with Gasteiger partial charge in [0.2, 0.25) is 0 Å². The van der Waals surface area contributed by atoms with Gasteiger partial charge in [-0.25, -0.2) is 4.98 Å². The number of nitrogens with one attached hydrogen (secondary N) is 2. The van der Waals surface area contributed by atoms with E-state index in [9.17, 15) is 4.79 Å². The van der Waals surface area contributed by atoms with Gasteiger partial charge < -0.3 is 15.5 Å². The number of hydrogen-bond donors (Lipinski definition) is 2. The number of amides is 1. The van der Waals surface area contributed by atoms with Gasteiger partial charge in [0.15, 0.2) is 0 Å². The molecule has 0 aliphatic carbocycles. The molecular weight excluding hydrogens is 252 g/mol. The van der Waals surface area contributed by atoms with Crippen LogP contribution in [0.5, 0.6) is 0 Å². The molecule has 20 heavy (non-hydrogen) atoms. The van der Waals surface area contributed by atoms with Gasteiger partial charge in [-0.05, 0) is 52.4 Å². The predicted octanol–water partition coefficient (Wildman–Crippen LogP) is 1.97. The van der Waals surface area contributed by atoms with Gasteiger partial charge in [0.1, 0.15) is 5.82 Å². The molecule has 1 aromatic rings. The Kier molecular flexibility index (Phi) is 7.01. The van der Waals surface area contributed by atoms with Crippen LogP contribution in [0.25, 0.3) is 0 Å². The van der Waals surface area contributed by atoms with E-state index in [1.165, 1.54) is 0 Å². The third-order valence-corrected chi connectivity index (χ3v) is 3.39. The summed E-state index contributed by atoms with van der Waals surface area (Å²) >= 11 is 0. The van der Waals surface area contributed by atoms with Gasteiger partial charge in [-0.15, -0.1) is 0 Å². The van der Waals surface area contributed by atoms with Gasteiger partial charge in [-0.1, -0.05) is 0 Å². The minimum absolute atomic E-state index is 0.0698. The SMILES string of the molecule is CNc1ncccc1C(=O)NCCCCN(C)C(C)C. The van der Waals surface area contributed by atoms with Crippen molar-refractivity contribution in [2.45, 2.75) is 32.7 Å². The summed E-state index contributed by atoms with van der Waals surface area (Å²) in [6.07, 6.45) is 3.74. The molecule has 0 saturated carbocycles. The molecule has 0 saturated heterocycles. The van der Waals surface area contributed by atoms with Crippen molar-refractivity contribution in [1.82, 2.24) is 15.2 Å². The van der Waals surface area contributed by atoms with Crippen molar-refractivity contribution in [2.75, 3.05) is 32.5 Å². The lowest BCUT2D eigenvalue weighted by Gasteiger charge is -2.20. The summed E-state index contributed by atoms with van der Waals surface area (Å²) in [5.41, 5.74) is 0.592. The number of hydrogen-bond acceptors (Lipinski definition) is 4. The highest BCUT2D eigenvalue weighted by Crippen LogP contribution is 2.09. The number of rotatable bonds is 8. The topological polar surface area (TPSA) is 57.3 Å². The van der Waals surface area contributed by atoms with Crippen LogP contribution in [0.15, 0.2) is 18.3 Å². The molecule has 112 valence electrons. The second kappa shape index (κ2) is 8.53. The second-order valence-corrected chi connectivity index (χ2v) is 5.19. The molecular formula is C15H26N4O. The minimum Gasteiger partial charge on any atom is -0.372 e. The van der Waals surface area contributed by atoms with Crippen molar-refractivity contribution >= 4 is 11.7 Å². The molecule has 0 atom stereocenters. The molecule has 0 aromatic carbocycles. The molecule has 0 bridgehead atoms. The minimum atomic E-state index is -0.0698. The quantitative estimate of drug-likeness (QED) is 0.714. The third kappa shape index (κ3) is 5.17. The van der Waals surface area contributed by atoms with Crippen LogP contribution in [-0.4, -0.2) is 49.0 Å². The first-order chi connectivity index (χ1) is 9.56. The van der Waals surface area contributed by atoms with E-state index in [4.69, 9.17) is 0 Å². The lowest BCUT2D eigenvalue weighted by molar-refractivity contribution is 0.0953. The van der Waals surface area contributed by atoms with E-state index in [1.807, 2.05) is 0 Å². The molecule has 1 heterocycles. The van der Waals surface area contributed by atoms with Crippen molar-refractivity contribution in [3.63, 3.8) is 0 Å². The van der Waals surface area contributed by atoms with Gasteiger partial charge >= 0.3 is 0 Å². The van der Waals surface area contributed by atoms with E-state index >= 15 is 0 Å². The summed E-state index contributed by atoms with van der Waals surface area (Å²) < 4.78 is 0. The number of nitrogens with zero attached hydrogens (tertiary/aromatic N) is 2. The lowest BCUT2D eigenvalue weighted by atomic mass is 10.2. The van der Waals surface area contributed by atoms with Crippen LogP contribution < -0.4 is 10.6 Å². The zero-order valence-electron chi connectivity index (χ0n) is 12.9. The zero-order chi connectivity index (χ0) is 15.0. The predicted molar refractivity (Wildman–Crippen MR) is 83.1 cm³/mol. The Morgan fingerprint density at radius 2 is 2.15 bits per heavy atom. The highest BCUT2D eigenvalue weighted by Gasteiger charge is 2.10. The van der Waals surface area contributed by atoms with Crippen LogP contribution in [0.2, 0.25) is 0 Å². The van der Waals surface area contributed by atoms with Gasteiger partial charge in [0.05, 0.1) is 5.56 Å². The monoisotopic (exact) mass is 278 g/mol. The molecule has 0 fully saturated rings. The summed E-state index contributed by atoms with van der Waals surface area (Å²) in [5.74, 6) is 0.546. The standard InChI is InChI=1S/C15H26N4O/c1-12(2)19(4)11-6-5-9-18-15(20)13-8-7-10-17-14(13)16-3/h7-8,10,12H,5-6,9,11H2,1-4H3,(H,16,17)(H,18,20). The largest absolute Gasteiger partial charge is 0.372 e. The molecule has 5 nitrogen and oxygen atoms in total.